The molecule has 1 atom stereocenters. The van der Waals surface area contributed by atoms with Gasteiger partial charge >= 0.3 is 5.97 Å². The van der Waals surface area contributed by atoms with Gasteiger partial charge < -0.3 is 14.8 Å². The largest absolute Gasteiger partial charge is 0.496 e. The number of carbonyl (C=O) groups excluding carboxylic acids is 2. The zero-order chi connectivity index (χ0) is 23.8. The summed E-state index contributed by atoms with van der Waals surface area (Å²) < 4.78 is 37.5. The minimum atomic E-state index is -3.52. The third-order valence-corrected chi connectivity index (χ3v) is 7.46. The highest BCUT2D eigenvalue weighted by Gasteiger charge is 2.26. The number of sulfonamides is 1. The molecular weight excluding hydrogens is 444 g/mol. The number of methoxy groups -OCH3 is 1. The summed E-state index contributed by atoms with van der Waals surface area (Å²) in [6.07, 6.45) is 1.76. The van der Waals surface area contributed by atoms with E-state index in [1.165, 1.54) is 23.4 Å². The monoisotopic (exact) mass is 474 g/mol. The van der Waals surface area contributed by atoms with E-state index >= 15 is 0 Å². The van der Waals surface area contributed by atoms with Gasteiger partial charge in [0.1, 0.15) is 5.75 Å². The van der Waals surface area contributed by atoms with Crippen LogP contribution in [0.4, 0.5) is 0 Å². The van der Waals surface area contributed by atoms with Crippen molar-refractivity contribution in [1.82, 2.24) is 9.62 Å². The third-order valence-electron chi connectivity index (χ3n) is 5.55. The summed E-state index contributed by atoms with van der Waals surface area (Å²) in [4.78, 5) is 24.8. The van der Waals surface area contributed by atoms with Crippen LogP contribution >= 0.6 is 0 Å². The van der Waals surface area contributed by atoms with Crippen molar-refractivity contribution in [1.29, 1.82) is 0 Å². The maximum Gasteiger partial charge on any atom is 0.311 e. The highest BCUT2D eigenvalue weighted by atomic mass is 32.2. The Hall–Kier alpha value is -2.91. The number of ether oxygens (including phenoxy) is 2. The number of nitrogens with one attached hydrogen (secondary N) is 1. The lowest BCUT2D eigenvalue weighted by Crippen LogP contribution is -2.36. The second-order valence-corrected chi connectivity index (χ2v) is 9.89. The summed E-state index contributed by atoms with van der Waals surface area (Å²) in [7, 11) is -1.96. The van der Waals surface area contributed by atoms with E-state index in [-0.39, 0.29) is 17.9 Å². The van der Waals surface area contributed by atoms with Crippen LogP contribution in [0.25, 0.3) is 0 Å². The molecule has 1 fully saturated rings. The van der Waals surface area contributed by atoms with E-state index < -0.39 is 28.0 Å². The molecule has 0 aliphatic carbocycles. The SMILES string of the molecule is COc1ccccc1CNC(=O)C(C)OC(=O)Cc1ccc(S(=O)(=O)N2CCCCC2)cc1. The smallest absolute Gasteiger partial charge is 0.311 e. The van der Waals surface area contributed by atoms with Gasteiger partial charge in [-0.05, 0) is 43.5 Å². The predicted octanol–water partition coefficient (Wildman–Crippen LogP) is 2.66. The molecule has 0 spiro atoms. The van der Waals surface area contributed by atoms with Crippen molar-refractivity contribution < 1.29 is 27.5 Å². The van der Waals surface area contributed by atoms with Crippen molar-refractivity contribution in [3.8, 4) is 5.75 Å². The first-order chi connectivity index (χ1) is 15.8. The quantitative estimate of drug-likeness (QED) is 0.561. The van der Waals surface area contributed by atoms with Gasteiger partial charge in [0.25, 0.3) is 5.91 Å². The average molecular weight is 475 g/mol. The van der Waals surface area contributed by atoms with Gasteiger partial charge in [-0.3, -0.25) is 9.59 Å². The number of rotatable bonds is 9. The summed E-state index contributed by atoms with van der Waals surface area (Å²) >= 11 is 0. The lowest BCUT2D eigenvalue weighted by atomic mass is 10.1. The molecule has 1 amide bonds. The number of para-hydroxylation sites is 1. The average Bonchev–Trinajstić information content (AvgIpc) is 2.83. The van der Waals surface area contributed by atoms with Gasteiger partial charge in [0.2, 0.25) is 10.0 Å². The van der Waals surface area contributed by atoms with Gasteiger partial charge in [-0.1, -0.05) is 36.8 Å². The molecular formula is C24H30N2O6S. The van der Waals surface area contributed by atoms with Gasteiger partial charge in [-0.2, -0.15) is 4.31 Å². The number of benzene rings is 2. The van der Waals surface area contributed by atoms with Crippen LogP contribution in [-0.4, -0.2) is 50.9 Å². The Morgan fingerprint density at radius 1 is 1.03 bits per heavy atom. The van der Waals surface area contributed by atoms with E-state index in [0.29, 0.717) is 24.4 Å². The molecule has 9 heteroatoms. The van der Waals surface area contributed by atoms with Crippen LogP contribution in [0.2, 0.25) is 0 Å². The van der Waals surface area contributed by atoms with Gasteiger partial charge in [-0.25, -0.2) is 8.42 Å². The minimum absolute atomic E-state index is 0.0613. The summed E-state index contributed by atoms with van der Waals surface area (Å²) in [6.45, 7) is 2.82. The molecule has 1 saturated heterocycles. The van der Waals surface area contributed by atoms with Gasteiger partial charge in [-0.15, -0.1) is 0 Å². The minimum Gasteiger partial charge on any atom is -0.496 e. The topological polar surface area (TPSA) is 102 Å². The second-order valence-electron chi connectivity index (χ2n) is 7.95. The Morgan fingerprint density at radius 3 is 2.36 bits per heavy atom. The van der Waals surface area contributed by atoms with Crippen LogP contribution in [0, 0.1) is 0 Å². The molecule has 0 bridgehead atoms. The molecule has 1 aliphatic rings. The number of amides is 1. The van der Waals surface area contributed by atoms with Crippen LogP contribution in [-0.2, 0) is 37.3 Å². The molecule has 2 aromatic carbocycles. The second kappa shape index (κ2) is 11.3. The molecule has 3 rings (SSSR count). The Bertz CT molecular complexity index is 1060. The summed E-state index contributed by atoms with van der Waals surface area (Å²) in [5.41, 5.74) is 1.42. The van der Waals surface area contributed by atoms with Crippen molar-refractivity contribution in [2.24, 2.45) is 0 Å². The fourth-order valence-corrected chi connectivity index (χ4v) is 5.18. The van der Waals surface area contributed by atoms with Crippen molar-refractivity contribution in [3.63, 3.8) is 0 Å². The first-order valence-corrected chi connectivity index (χ1v) is 12.4. The maximum absolute atomic E-state index is 12.7. The van der Waals surface area contributed by atoms with Crippen molar-refractivity contribution in [2.75, 3.05) is 20.2 Å². The number of hydrogen-bond donors (Lipinski definition) is 1. The van der Waals surface area contributed by atoms with Crippen molar-refractivity contribution in [2.45, 2.75) is 50.2 Å². The lowest BCUT2D eigenvalue weighted by molar-refractivity contribution is -0.154. The highest BCUT2D eigenvalue weighted by Crippen LogP contribution is 2.21. The Morgan fingerprint density at radius 2 is 1.70 bits per heavy atom. The van der Waals surface area contributed by atoms with Crippen LogP contribution in [0.15, 0.2) is 53.4 Å². The Labute approximate surface area is 194 Å². The number of esters is 1. The number of hydrogen-bond acceptors (Lipinski definition) is 6. The standard InChI is InChI=1S/C24H30N2O6S/c1-18(24(28)25-17-20-8-4-5-9-22(20)31-2)32-23(27)16-19-10-12-21(13-11-19)33(29,30)26-14-6-3-7-15-26/h4-5,8-13,18H,3,6-7,14-17H2,1-2H3,(H,25,28). The molecule has 1 unspecified atom stereocenters. The molecule has 0 radical (unpaired) electrons. The number of piperidine rings is 1. The first kappa shape index (κ1) is 24.7. The predicted molar refractivity (Wildman–Crippen MR) is 123 cm³/mol. The number of carbonyl (C=O) groups is 2. The Kier molecular flexibility index (Phi) is 8.46. The van der Waals surface area contributed by atoms with E-state index in [1.807, 2.05) is 18.2 Å². The number of nitrogens with zero attached hydrogens (tertiary/aromatic N) is 1. The van der Waals surface area contributed by atoms with E-state index in [1.54, 1.807) is 25.3 Å². The maximum atomic E-state index is 12.7. The Balaban J connectivity index is 1.51. The summed E-state index contributed by atoms with van der Waals surface area (Å²) in [5, 5.41) is 2.73. The first-order valence-electron chi connectivity index (χ1n) is 11.0. The summed E-state index contributed by atoms with van der Waals surface area (Å²) in [6, 6.07) is 13.5. The normalized spacial score (nSPS) is 15.5. The third kappa shape index (κ3) is 6.55. The fourth-order valence-electron chi connectivity index (χ4n) is 3.67. The van der Waals surface area contributed by atoms with Crippen LogP contribution in [0.3, 0.4) is 0 Å². The highest BCUT2D eigenvalue weighted by molar-refractivity contribution is 7.89. The van der Waals surface area contributed by atoms with Gasteiger partial charge in [0, 0.05) is 25.2 Å². The molecule has 33 heavy (non-hydrogen) atoms. The van der Waals surface area contributed by atoms with E-state index in [9.17, 15) is 18.0 Å². The zero-order valence-corrected chi connectivity index (χ0v) is 19.8. The van der Waals surface area contributed by atoms with Crippen LogP contribution < -0.4 is 10.1 Å². The molecule has 8 nitrogen and oxygen atoms in total. The molecule has 1 heterocycles. The fraction of sp³-hybridized carbons (Fsp3) is 0.417. The van der Waals surface area contributed by atoms with Gasteiger partial charge in [0.05, 0.1) is 18.4 Å². The lowest BCUT2D eigenvalue weighted by Gasteiger charge is -2.25. The summed E-state index contributed by atoms with van der Waals surface area (Å²) in [5.74, 6) is -0.327. The molecule has 2 aromatic rings. The van der Waals surface area contributed by atoms with E-state index in [4.69, 9.17) is 9.47 Å². The van der Waals surface area contributed by atoms with Crippen molar-refractivity contribution in [3.05, 3.63) is 59.7 Å². The van der Waals surface area contributed by atoms with E-state index in [2.05, 4.69) is 5.32 Å². The van der Waals surface area contributed by atoms with Crippen LogP contribution in [0.1, 0.15) is 37.3 Å². The molecule has 178 valence electrons. The van der Waals surface area contributed by atoms with Gasteiger partial charge in [0.15, 0.2) is 6.10 Å². The van der Waals surface area contributed by atoms with E-state index in [0.717, 1.165) is 24.8 Å². The molecule has 1 aliphatic heterocycles. The molecule has 0 aromatic heterocycles. The molecule has 1 N–H and O–H groups in total. The van der Waals surface area contributed by atoms with Crippen molar-refractivity contribution >= 4 is 21.9 Å². The zero-order valence-electron chi connectivity index (χ0n) is 19.0. The van der Waals surface area contributed by atoms with Crippen LogP contribution in [0.5, 0.6) is 5.75 Å². The molecule has 0 saturated carbocycles.